The van der Waals surface area contributed by atoms with Crippen LogP contribution in [0.25, 0.3) is 0 Å². The Balaban J connectivity index is 3.17. The molecule has 0 saturated heterocycles. The van der Waals surface area contributed by atoms with Crippen molar-refractivity contribution in [3.63, 3.8) is 0 Å². The molecule has 0 unspecified atom stereocenters. The highest BCUT2D eigenvalue weighted by Gasteiger charge is 2.08. The summed E-state index contributed by atoms with van der Waals surface area (Å²) in [6, 6.07) is 1.53. The van der Waals surface area contributed by atoms with Gasteiger partial charge in [-0.25, -0.2) is 0 Å². The Hall–Kier alpha value is -0.770. The number of hydrogen-bond donors (Lipinski definition) is 2. The van der Waals surface area contributed by atoms with Crippen LogP contribution in [-0.4, -0.2) is 21.0 Å². The van der Waals surface area contributed by atoms with Gasteiger partial charge in [0.05, 0.1) is 4.90 Å². The second-order valence-corrected chi connectivity index (χ2v) is 2.80. The van der Waals surface area contributed by atoms with Crippen molar-refractivity contribution >= 4 is 11.8 Å². The standard InChI is InChI=1S/C6H9NO2S/c1-7-5(8)3-4(10-2)6(7)9/h3,8-9H,1-2H3. The maximum Gasteiger partial charge on any atom is 0.207 e. The Morgan fingerprint density at radius 3 is 2.30 bits per heavy atom. The maximum atomic E-state index is 9.20. The molecule has 0 amide bonds. The van der Waals surface area contributed by atoms with Gasteiger partial charge < -0.3 is 10.2 Å². The summed E-state index contributed by atoms with van der Waals surface area (Å²) >= 11 is 1.40. The molecule has 0 aliphatic heterocycles. The van der Waals surface area contributed by atoms with Crippen LogP contribution in [0.3, 0.4) is 0 Å². The molecule has 0 aromatic carbocycles. The predicted molar refractivity (Wildman–Crippen MR) is 40.5 cm³/mol. The zero-order chi connectivity index (χ0) is 7.72. The van der Waals surface area contributed by atoms with Crippen molar-refractivity contribution in [2.24, 2.45) is 7.05 Å². The maximum absolute atomic E-state index is 9.20. The van der Waals surface area contributed by atoms with Gasteiger partial charge in [-0.3, -0.25) is 4.57 Å². The zero-order valence-electron chi connectivity index (χ0n) is 5.83. The summed E-state index contributed by atoms with van der Waals surface area (Å²) in [5.41, 5.74) is 0. The third-order valence-corrected chi connectivity index (χ3v) is 2.10. The van der Waals surface area contributed by atoms with Crippen LogP contribution in [0.5, 0.6) is 11.8 Å². The monoisotopic (exact) mass is 159 g/mol. The molecule has 3 nitrogen and oxygen atoms in total. The van der Waals surface area contributed by atoms with Crippen molar-refractivity contribution in [3.05, 3.63) is 6.07 Å². The van der Waals surface area contributed by atoms with Gasteiger partial charge in [0.25, 0.3) is 0 Å². The molecule has 10 heavy (non-hydrogen) atoms. The highest BCUT2D eigenvalue weighted by molar-refractivity contribution is 7.98. The minimum absolute atomic E-state index is 0.0850. The van der Waals surface area contributed by atoms with Crippen LogP contribution in [-0.2, 0) is 7.05 Å². The molecule has 1 rings (SSSR count). The van der Waals surface area contributed by atoms with Gasteiger partial charge in [0.2, 0.25) is 5.88 Å². The molecule has 2 N–H and O–H groups in total. The number of rotatable bonds is 1. The predicted octanol–water partition coefficient (Wildman–Crippen LogP) is 1.16. The van der Waals surface area contributed by atoms with Crippen LogP contribution in [0.4, 0.5) is 0 Å². The molecule has 0 bridgehead atoms. The van der Waals surface area contributed by atoms with E-state index < -0.39 is 0 Å². The third kappa shape index (κ3) is 0.945. The minimum Gasteiger partial charge on any atom is -0.494 e. The number of aromatic nitrogens is 1. The van der Waals surface area contributed by atoms with Gasteiger partial charge in [-0.2, -0.15) is 0 Å². The molecule has 0 fully saturated rings. The lowest BCUT2D eigenvalue weighted by atomic mass is 10.6. The summed E-state index contributed by atoms with van der Waals surface area (Å²) < 4.78 is 1.33. The Labute approximate surface area is 63.3 Å². The first-order chi connectivity index (χ1) is 4.66. The van der Waals surface area contributed by atoms with E-state index in [9.17, 15) is 5.11 Å². The van der Waals surface area contributed by atoms with Crippen molar-refractivity contribution in [3.8, 4) is 11.8 Å². The second kappa shape index (κ2) is 2.46. The van der Waals surface area contributed by atoms with E-state index in [-0.39, 0.29) is 11.8 Å². The molecule has 0 saturated carbocycles. The first kappa shape index (κ1) is 7.34. The third-order valence-electron chi connectivity index (χ3n) is 1.36. The van der Waals surface area contributed by atoms with Gasteiger partial charge in [0.15, 0.2) is 5.88 Å². The first-order valence-electron chi connectivity index (χ1n) is 2.78. The van der Waals surface area contributed by atoms with Gasteiger partial charge in [-0.15, -0.1) is 11.8 Å². The summed E-state index contributed by atoms with van der Waals surface area (Å²) in [6.45, 7) is 0. The molecule has 1 aromatic rings. The van der Waals surface area contributed by atoms with E-state index in [1.54, 1.807) is 7.05 Å². The number of thioether (sulfide) groups is 1. The summed E-state index contributed by atoms with van der Waals surface area (Å²) in [7, 11) is 1.60. The molecule has 4 heteroatoms. The van der Waals surface area contributed by atoms with Crippen molar-refractivity contribution in [1.82, 2.24) is 4.57 Å². The highest BCUT2D eigenvalue weighted by Crippen LogP contribution is 2.32. The van der Waals surface area contributed by atoms with Gasteiger partial charge in [-0.1, -0.05) is 0 Å². The lowest BCUT2D eigenvalue weighted by Gasteiger charge is -1.95. The average Bonchev–Trinajstić information content (AvgIpc) is 2.17. The molecule has 0 radical (unpaired) electrons. The molecule has 0 aliphatic rings. The van der Waals surface area contributed by atoms with E-state index in [4.69, 9.17) is 5.11 Å². The SMILES string of the molecule is CSc1cc(O)n(C)c1O. The highest BCUT2D eigenvalue weighted by atomic mass is 32.2. The normalized spacial score (nSPS) is 10.2. The van der Waals surface area contributed by atoms with Gasteiger partial charge in [0.1, 0.15) is 0 Å². The van der Waals surface area contributed by atoms with E-state index in [2.05, 4.69) is 0 Å². The van der Waals surface area contributed by atoms with E-state index >= 15 is 0 Å². The van der Waals surface area contributed by atoms with E-state index in [1.807, 2.05) is 6.26 Å². The quantitative estimate of drug-likeness (QED) is 0.604. The Morgan fingerprint density at radius 2 is 2.10 bits per heavy atom. The fourth-order valence-electron chi connectivity index (χ4n) is 0.703. The minimum atomic E-state index is 0.0850. The molecule has 0 aliphatic carbocycles. The number of hydrogen-bond acceptors (Lipinski definition) is 3. The lowest BCUT2D eigenvalue weighted by Crippen LogP contribution is -1.83. The topological polar surface area (TPSA) is 45.4 Å². The van der Waals surface area contributed by atoms with Crippen molar-refractivity contribution in [2.75, 3.05) is 6.26 Å². The molecular weight excluding hydrogens is 150 g/mol. The van der Waals surface area contributed by atoms with Crippen molar-refractivity contribution < 1.29 is 10.2 Å². The lowest BCUT2D eigenvalue weighted by molar-refractivity contribution is 0.383. The van der Waals surface area contributed by atoms with Crippen LogP contribution >= 0.6 is 11.8 Å². The smallest absolute Gasteiger partial charge is 0.207 e. The fraction of sp³-hybridized carbons (Fsp3) is 0.333. The summed E-state index contributed by atoms with van der Waals surface area (Å²) in [5, 5.41) is 18.2. The Kier molecular flexibility index (Phi) is 1.80. The van der Waals surface area contributed by atoms with E-state index in [0.29, 0.717) is 4.90 Å². The van der Waals surface area contributed by atoms with E-state index in [0.717, 1.165) is 0 Å². The summed E-state index contributed by atoms with van der Waals surface area (Å²) in [4.78, 5) is 0.694. The first-order valence-corrected chi connectivity index (χ1v) is 4.01. The molecule has 0 atom stereocenters. The average molecular weight is 159 g/mol. The summed E-state index contributed by atoms with van der Waals surface area (Å²) in [6.07, 6.45) is 1.84. The van der Waals surface area contributed by atoms with Gasteiger partial charge >= 0.3 is 0 Å². The second-order valence-electron chi connectivity index (χ2n) is 1.95. The van der Waals surface area contributed by atoms with Crippen molar-refractivity contribution in [2.45, 2.75) is 4.90 Å². The molecular formula is C6H9NO2S. The van der Waals surface area contributed by atoms with Crippen LogP contribution in [0, 0.1) is 0 Å². The molecule has 56 valence electrons. The van der Waals surface area contributed by atoms with Crippen LogP contribution in [0.2, 0.25) is 0 Å². The van der Waals surface area contributed by atoms with Crippen LogP contribution in [0.15, 0.2) is 11.0 Å². The molecule has 1 heterocycles. The molecule has 1 aromatic heterocycles. The Morgan fingerprint density at radius 1 is 1.50 bits per heavy atom. The summed E-state index contributed by atoms with van der Waals surface area (Å²) in [5.74, 6) is 0.201. The van der Waals surface area contributed by atoms with Crippen LogP contribution < -0.4 is 0 Å². The zero-order valence-corrected chi connectivity index (χ0v) is 6.64. The largest absolute Gasteiger partial charge is 0.494 e. The Bertz CT molecular complexity index is 244. The number of aromatic hydroxyl groups is 2. The molecule has 0 spiro atoms. The number of nitrogens with zero attached hydrogens (tertiary/aromatic N) is 1. The van der Waals surface area contributed by atoms with Gasteiger partial charge in [0, 0.05) is 13.1 Å². The van der Waals surface area contributed by atoms with Gasteiger partial charge in [-0.05, 0) is 6.26 Å². The van der Waals surface area contributed by atoms with Crippen LogP contribution in [0.1, 0.15) is 0 Å². The van der Waals surface area contributed by atoms with E-state index in [1.165, 1.54) is 22.4 Å². The van der Waals surface area contributed by atoms with Crippen molar-refractivity contribution in [1.29, 1.82) is 0 Å². The fourth-order valence-corrected chi connectivity index (χ4v) is 1.25.